The number of rotatable bonds is 5. The minimum Gasteiger partial charge on any atom is -0.396 e. The van der Waals surface area contributed by atoms with E-state index in [1.807, 2.05) is 0 Å². The molecule has 1 nitrogen and oxygen atoms in total. The second kappa shape index (κ2) is 4.76. The number of aliphatic hydroxyl groups is 1. The summed E-state index contributed by atoms with van der Waals surface area (Å²) in [6.45, 7) is 9.29. The SMILES string of the molecule is CCC(C)(CCO)CC(C)C. The van der Waals surface area contributed by atoms with E-state index in [0.29, 0.717) is 12.0 Å². The third kappa shape index (κ3) is 4.41. The molecule has 0 heterocycles. The summed E-state index contributed by atoms with van der Waals surface area (Å²) < 4.78 is 0. The van der Waals surface area contributed by atoms with Gasteiger partial charge in [-0.1, -0.05) is 34.1 Å². The molecule has 0 radical (unpaired) electrons. The molecule has 0 aliphatic carbocycles. The molecule has 1 N–H and O–H groups in total. The zero-order chi connectivity index (χ0) is 8.91. The van der Waals surface area contributed by atoms with Crippen LogP contribution in [0.4, 0.5) is 0 Å². The van der Waals surface area contributed by atoms with Crippen LogP contribution >= 0.6 is 0 Å². The minimum atomic E-state index is 0.330. The van der Waals surface area contributed by atoms with Crippen LogP contribution in [0.1, 0.15) is 47.0 Å². The summed E-state index contributed by atoms with van der Waals surface area (Å²) in [5.74, 6) is 0.742. The van der Waals surface area contributed by atoms with E-state index in [0.717, 1.165) is 12.3 Å². The molecule has 1 unspecified atom stereocenters. The molecule has 0 fully saturated rings. The second-order valence-electron chi connectivity index (χ2n) is 4.24. The Hall–Kier alpha value is -0.0400. The van der Waals surface area contributed by atoms with Crippen molar-refractivity contribution in [2.24, 2.45) is 11.3 Å². The third-order valence-corrected chi connectivity index (χ3v) is 2.47. The average Bonchev–Trinajstić information content (AvgIpc) is 1.87. The molecular weight excluding hydrogens is 136 g/mol. The maximum Gasteiger partial charge on any atom is 0.0436 e. The average molecular weight is 158 g/mol. The van der Waals surface area contributed by atoms with E-state index < -0.39 is 0 Å². The fraction of sp³-hybridized carbons (Fsp3) is 1.00. The summed E-state index contributed by atoms with van der Waals surface area (Å²) in [6.07, 6.45) is 3.34. The second-order valence-corrected chi connectivity index (χ2v) is 4.24. The number of hydrogen-bond acceptors (Lipinski definition) is 1. The summed E-state index contributed by atoms with van der Waals surface area (Å²) >= 11 is 0. The molecule has 0 saturated carbocycles. The number of aliphatic hydroxyl groups excluding tert-OH is 1. The van der Waals surface area contributed by atoms with Crippen molar-refractivity contribution in [1.29, 1.82) is 0 Å². The van der Waals surface area contributed by atoms with Crippen LogP contribution in [0.15, 0.2) is 0 Å². The third-order valence-electron chi connectivity index (χ3n) is 2.47. The molecule has 68 valence electrons. The van der Waals surface area contributed by atoms with Crippen molar-refractivity contribution in [1.82, 2.24) is 0 Å². The first-order chi connectivity index (χ1) is 5.04. The lowest BCUT2D eigenvalue weighted by Gasteiger charge is -2.29. The molecule has 11 heavy (non-hydrogen) atoms. The molecule has 0 aliphatic rings. The summed E-state index contributed by atoms with van der Waals surface area (Å²) in [4.78, 5) is 0. The van der Waals surface area contributed by atoms with E-state index in [-0.39, 0.29) is 0 Å². The smallest absolute Gasteiger partial charge is 0.0436 e. The van der Waals surface area contributed by atoms with Crippen LogP contribution in [-0.2, 0) is 0 Å². The largest absolute Gasteiger partial charge is 0.396 e. The first kappa shape index (κ1) is 11.0. The van der Waals surface area contributed by atoms with E-state index in [1.165, 1.54) is 12.8 Å². The highest BCUT2D eigenvalue weighted by molar-refractivity contribution is 4.73. The van der Waals surface area contributed by atoms with Crippen LogP contribution in [-0.4, -0.2) is 11.7 Å². The van der Waals surface area contributed by atoms with Gasteiger partial charge < -0.3 is 5.11 Å². The van der Waals surface area contributed by atoms with E-state index in [1.54, 1.807) is 0 Å². The van der Waals surface area contributed by atoms with Crippen LogP contribution < -0.4 is 0 Å². The lowest BCUT2D eigenvalue weighted by molar-refractivity contribution is 0.164. The summed E-state index contributed by atoms with van der Waals surface area (Å²) in [7, 11) is 0. The summed E-state index contributed by atoms with van der Waals surface area (Å²) in [5.41, 5.74) is 0.364. The van der Waals surface area contributed by atoms with Crippen molar-refractivity contribution in [2.75, 3.05) is 6.61 Å². The van der Waals surface area contributed by atoms with Gasteiger partial charge in [-0.05, 0) is 24.2 Å². The Kier molecular flexibility index (Phi) is 4.74. The Balaban J connectivity index is 3.87. The maximum atomic E-state index is 8.85. The van der Waals surface area contributed by atoms with E-state index in [9.17, 15) is 0 Å². The lowest BCUT2D eigenvalue weighted by atomic mass is 9.77. The topological polar surface area (TPSA) is 20.2 Å². The zero-order valence-electron chi connectivity index (χ0n) is 8.35. The number of hydrogen-bond donors (Lipinski definition) is 1. The Bertz CT molecular complexity index is 99.0. The van der Waals surface area contributed by atoms with Crippen molar-refractivity contribution in [3.05, 3.63) is 0 Å². The van der Waals surface area contributed by atoms with Gasteiger partial charge in [0, 0.05) is 6.61 Å². The Labute approximate surface area is 70.8 Å². The van der Waals surface area contributed by atoms with Crippen molar-refractivity contribution in [3.63, 3.8) is 0 Å². The van der Waals surface area contributed by atoms with Gasteiger partial charge in [-0.15, -0.1) is 0 Å². The normalized spacial score (nSPS) is 16.9. The van der Waals surface area contributed by atoms with Gasteiger partial charge in [0.15, 0.2) is 0 Å². The van der Waals surface area contributed by atoms with Gasteiger partial charge >= 0.3 is 0 Å². The highest BCUT2D eigenvalue weighted by atomic mass is 16.3. The molecule has 0 bridgehead atoms. The van der Waals surface area contributed by atoms with Gasteiger partial charge in [-0.2, -0.15) is 0 Å². The summed E-state index contributed by atoms with van der Waals surface area (Å²) in [6, 6.07) is 0. The van der Waals surface area contributed by atoms with Crippen LogP contribution in [0, 0.1) is 11.3 Å². The minimum absolute atomic E-state index is 0.330. The highest BCUT2D eigenvalue weighted by Crippen LogP contribution is 2.32. The predicted octanol–water partition coefficient (Wildman–Crippen LogP) is 2.83. The van der Waals surface area contributed by atoms with Crippen LogP contribution in [0.2, 0.25) is 0 Å². The van der Waals surface area contributed by atoms with E-state index in [2.05, 4.69) is 27.7 Å². The highest BCUT2D eigenvalue weighted by Gasteiger charge is 2.22. The molecule has 0 aliphatic heterocycles. The van der Waals surface area contributed by atoms with Crippen LogP contribution in [0.3, 0.4) is 0 Å². The molecule has 0 rings (SSSR count). The monoisotopic (exact) mass is 158 g/mol. The van der Waals surface area contributed by atoms with Gasteiger partial charge in [0.25, 0.3) is 0 Å². The fourth-order valence-corrected chi connectivity index (χ4v) is 1.68. The quantitative estimate of drug-likeness (QED) is 0.652. The summed E-state index contributed by atoms with van der Waals surface area (Å²) in [5, 5.41) is 8.85. The first-order valence-electron chi connectivity index (χ1n) is 4.65. The van der Waals surface area contributed by atoms with Crippen molar-refractivity contribution >= 4 is 0 Å². The molecule has 0 saturated heterocycles. The standard InChI is InChI=1S/C10H22O/c1-5-10(4,6-7-11)8-9(2)3/h9,11H,5-8H2,1-4H3. The molecule has 0 aromatic rings. The fourth-order valence-electron chi connectivity index (χ4n) is 1.68. The molecular formula is C10H22O. The first-order valence-corrected chi connectivity index (χ1v) is 4.65. The zero-order valence-corrected chi connectivity index (χ0v) is 8.35. The molecule has 0 amide bonds. The van der Waals surface area contributed by atoms with E-state index in [4.69, 9.17) is 5.11 Å². The van der Waals surface area contributed by atoms with Gasteiger partial charge in [0.2, 0.25) is 0 Å². The van der Waals surface area contributed by atoms with Crippen molar-refractivity contribution < 1.29 is 5.11 Å². The predicted molar refractivity (Wildman–Crippen MR) is 49.6 cm³/mol. The van der Waals surface area contributed by atoms with Gasteiger partial charge in [0.1, 0.15) is 0 Å². The van der Waals surface area contributed by atoms with Crippen LogP contribution in [0.5, 0.6) is 0 Å². The van der Waals surface area contributed by atoms with Gasteiger partial charge in [-0.25, -0.2) is 0 Å². The molecule has 0 spiro atoms. The molecule has 1 heteroatoms. The Morgan fingerprint density at radius 3 is 2.18 bits per heavy atom. The lowest BCUT2D eigenvalue weighted by Crippen LogP contribution is -2.19. The van der Waals surface area contributed by atoms with Crippen molar-refractivity contribution in [3.8, 4) is 0 Å². The van der Waals surface area contributed by atoms with E-state index >= 15 is 0 Å². The van der Waals surface area contributed by atoms with Crippen molar-refractivity contribution in [2.45, 2.75) is 47.0 Å². The van der Waals surface area contributed by atoms with Gasteiger partial charge in [-0.3, -0.25) is 0 Å². The molecule has 0 aromatic heterocycles. The van der Waals surface area contributed by atoms with Gasteiger partial charge in [0.05, 0.1) is 0 Å². The van der Waals surface area contributed by atoms with Crippen LogP contribution in [0.25, 0.3) is 0 Å². The Morgan fingerprint density at radius 2 is 1.91 bits per heavy atom. The maximum absolute atomic E-state index is 8.85. The Morgan fingerprint density at radius 1 is 1.36 bits per heavy atom. The molecule has 0 aromatic carbocycles. The molecule has 1 atom stereocenters.